The maximum atomic E-state index is 12.6. The maximum absolute atomic E-state index is 12.6. The minimum atomic E-state index is -3.56. The van der Waals surface area contributed by atoms with Crippen molar-refractivity contribution >= 4 is 31.4 Å². The number of rotatable bonds is 6. The van der Waals surface area contributed by atoms with Gasteiger partial charge in [0.15, 0.2) is 0 Å². The van der Waals surface area contributed by atoms with Gasteiger partial charge in [-0.25, -0.2) is 16.8 Å². The van der Waals surface area contributed by atoms with E-state index in [1.54, 1.807) is 36.4 Å². The Kier molecular flexibility index (Phi) is 7.67. The SMILES string of the molecule is CS(=O)(=O)N1CC(CN2CC3CC(C2)CN(CC2CN(S(C)(=O)=O)c4cc(C#N)ccc4O2)C3)Oc2ccc(C#N)cc21. The smallest absolute Gasteiger partial charge is 0.232 e. The molecule has 2 unspecified atom stereocenters. The zero-order valence-electron chi connectivity index (χ0n) is 24.1. The minimum absolute atomic E-state index is 0.186. The highest BCUT2D eigenvalue weighted by molar-refractivity contribution is 7.92. The second kappa shape index (κ2) is 11.2. The molecule has 4 aliphatic heterocycles. The largest absolute Gasteiger partial charge is 0.485 e. The lowest BCUT2D eigenvalue weighted by molar-refractivity contribution is 0.00174. The molecule has 0 radical (unpaired) electrons. The van der Waals surface area contributed by atoms with Crippen LogP contribution in [-0.4, -0.2) is 104 Å². The number of nitriles is 2. The second-order valence-electron chi connectivity index (χ2n) is 12.1. The Morgan fingerprint density at radius 1 is 0.698 bits per heavy atom. The number of likely N-dealkylation sites (tertiary alicyclic amines) is 2. The molecule has 6 rings (SSSR count). The molecule has 0 aromatic heterocycles. The molecule has 228 valence electrons. The van der Waals surface area contributed by atoms with Gasteiger partial charge >= 0.3 is 0 Å². The summed E-state index contributed by atoms with van der Waals surface area (Å²) < 4.78 is 65.6. The minimum Gasteiger partial charge on any atom is -0.485 e. The number of nitrogens with zero attached hydrogens (tertiary/aromatic N) is 6. The molecule has 2 atom stereocenters. The third-order valence-electron chi connectivity index (χ3n) is 8.50. The predicted octanol–water partition coefficient (Wildman–Crippen LogP) is 1.44. The van der Waals surface area contributed by atoms with Gasteiger partial charge in [0, 0.05) is 39.3 Å². The Morgan fingerprint density at radius 2 is 1.09 bits per heavy atom. The van der Waals surface area contributed by atoms with Crippen LogP contribution >= 0.6 is 0 Å². The molecule has 2 aromatic rings. The van der Waals surface area contributed by atoms with Crippen LogP contribution in [0.15, 0.2) is 36.4 Å². The molecule has 4 heterocycles. The van der Waals surface area contributed by atoms with E-state index in [1.165, 1.54) is 21.1 Å². The average molecular weight is 627 g/mol. The molecule has 12 nitrogen and oxygen atoms in total. The van der Waals surface area contributed by atoms with Crippen molar-refractivity contribution in [2.45, 2.75) is 18.6 Å². The lowest BCUT2D eigenvalue weighted by Gasteiger charge is -2.48. The summed E-state index contributed by atoms with van der Waals surface area (Å²) in [6, 6.07) is 13.8. The predicted molar refractivity (Wildman–Crippen MR) is 160 cm³/mol. The number of benzene rings is 2. The molecular formula is C29H34N6O6S2. The van der Waals surface area contributed by atoms with Crippen LogP contribution in [0.3, 0.4) is 0 Å². The molecule has 2 saturated heterocycles. The fourth-order valence-electron chi connectivity index (χ4n) is 6.95. The highest BCUT2D eigenvalue weighted by Crippen LogP contribution is 2.38. The number of hydrogen-bond donors (Lipinski definition) is 0. The number of hydrogen-bond acceptors (Lipinski definition) is 10. The zero-order valence-corrected chi connectivity index (χ0v) is 25.7. The van der Waals surface area contributed by atoms with Gasteiger partial charge in [0.05, 0.1) is 60.2 Å². The van der Waals surface area contributed by atoms with Crippen LogP contribution < -0.4 is 18.1 Å². The van der Waals surface area contributed by atoms with E-state index in [0.717, 1.165) is 32.6 Å². The van der Waals surface area contributed by atoms with Crippen molar-refractivity contribution in [1.29, 1.82) is 10.5 Å². The molecule has 4 aliphatic rings. The Hall–Kier alpha value is -3.56. The van der Waals surface area contributed by atoms with Crippen molar-refractivity contribution in [3.05, 3.63) is 47.5 Å². The quantitative estimate of drug-likeness (QED) is 0.461. The molecule has 0 aliphatic carbocycles. The second-order valence-corrected chi connectivity index (χ2v) is 15.9. The first-order valence-corrected chi connectivity index (χ1v) is 17.9. The lowest BCUT2D eigenvalue weighted by Crippen LogP contribution is -2.57. The molecule has 0 N–H and O–H groups in total. The van der Waals surface area contributed by atoms with Crippen molar-refractivity contribution in [3.8, 4) is 23.6 Å². The first-order chi connectivity index (χ1) is 20.4. The van der Waals surface area contributed by atoms with Crippen molar-refractivity contribution in [2.24, 2.45) is 11.8 Å². The lowest BCUT2D eigenvalue weighted by atomic mass is 9.84. The Balaban J connectivity index is 1.10. The summed E-state index contributed by atoms with van der Waals surface area (Å²) in [5.74, 6) is 1.75. The van der Waals surface area contributed by atoms with Crippen LogP contribution in [0.2, 0.25) is 0 Å². The van der Waals surface area contributed by atoms with Crippen molar-refractivity contribution in [3.63, 3.8) is 0 Å². The van der Waals surface area contributed by atoms with E-state index >= 15 is 0 Å². The molecule has 2 fully saturated rings. The van der Waals surface area contributed by atoms with Gasteiger partial charge < -0.3 is 9.47 Å². The molecular weight excluding hydrogens is 592 g/mol. The molecule has 0 spiro atoms. The van der Waals surface area contributed by atoms with Gasteiger partial charge in [-0.05, 0) is 54.7 Å². The fraction of sp³-hybridized carbons (Fsp3) is 0.517. The Bertz CT molecular complexity index is 1580. The molecule has 0 saturated carbocycles. The van der Waals surface area contributed by atoms with Crippen LogP contribution in [0.25, 0.3) is 0 Å². The van der Waals surface area contributed by atoms with E-state index in [1.807, 2.05) is 0 Å². The van der Waals surface area contributed by atoms with Crippen LogP contribution in [-0.2, 0) is 20.0 Å². The van der Waals surface area contributed by atoms with Crippen LogP contribution in [0.1, 0.15) is 17.5 Å². The third kappa shape index (κ3) is 6.24. The number of anilines is 2. The summed E-state index contributed by atoms with van der Waals surface area (Å²) >= 11 is 0. The number of sulfonamides is 2. The van der Waals surface area contributed by atoms with Crippen molar-refractivity contribution < 1.29 is 26.3 Å². The van der Waals surface area contributed by atoms with E-state index in [4.69, 9.17) is 9.47 Å². The highest BCUT2D eigenvalue weighted by Gasteiger charge is 2.39. The van der Waals surface area contributed by atoms with Gasteiger partial charge in [-0.15, -0.1) is 0 Å². The van der Waals surface area contributed by atoms with Gasteiger partial charge in [0.2, 0.25) is 20.0 Å². The van der Waals surface area contributed by atoms with Crippen LogP contribution in [0, 0.1) is 34.5 Å². The standard InChI is InChI=1S/C29H34N6O6S2/c1-42(36,37)34-18-24(40-28-5-3-20(10-30)8-26(28)34)16-32-12-22-7-23(13-32)15-33(14-22)17-25-19-35(43(2,38)39)27-9-21(11-31)4-6-29(27)41-25/h3-6,8-9,22-25H,7,12-19H2,1-2H3. The van der Waals surface area contributed by atoms with E-state index < -0.39 is 20.0 Å². The zero-order chi connectivity index (χ0) is 30.5. The normalized spacial score (nSPS) is 25.9. The van der Waals surface area contributed by atoms with Gasteiger partial charge in [0.25, 0.3) is 0 Å². The number of ether oxygens (including phenoxy) is 2. The highest BCUT2D eigenvalue weighted by atomic mass is 32.2. The molecule has 43 heavy (non-hydrogen) atoms. The van der Waals surface area contributed by atoms with Gasteiger partial charge in [-0.2, -0.15) is 10.5 Å². The Morgan fingerprint density at radius 3 is 1.44 bits per heavy atom. The van der Waals surface area contributed by atoms with Crippen molar-refractivity contribution in [1.82, 2.24) is 9.80 Å². The van der Waals surface area contributed by atoms with E-state index in [-0.39, 0.29) is 25.3 Å². The monoisotopic (exact) mass is 626 g/mol. The van der Waals surface area contributed by atoms with E-state index in [0.29, 0.717) is 58.9 Å². The first-order valence-electron chi connectivity index (χ1n) is 14.2. The fourth-order valence-corrected chi connectivity index (χ4v) is 8.82. The van der Waals surface area contributed by atoms with E-state index in [2.05, 4.69) is 21.9 Å². The summed E-state index contributed by atoms with van der Waals surface area (Å²) in [6.07, 6.45) is 2.76. The van der Waals surface area contributed by atoms with Gasteiger partial charge in [0.1, 0.15) is 23.7 Å². The topological polar surface area (TPSA) is 147 Å². The summed E-state index contributed by atoms with van der Waals surface area (Å²) in [4.78, 5) is 4.73. The van der Waals surface area contributed by atoms with Gasteiger partial charge in [-0.1, -0.05) is 0 Å². The van der Waals surface area contributed by atoms with Crippen molar-refractivity contribution in [2.75, 3.05) is 73.5 Å². The Labute approximate surface area is 252 Å². The van der Waals surface area contributed by atoms with E-state index in [9.17, 15) is 27.4 Å². The summed E-state index contributed by atoms with van der Waals surface area (Å²) in [5, 5.41) is 18.5. The first kappa shape index (κ1) is 29.5. The summed E-state index contributed by atoms with van der Waals surface area (Å²) in [6.45, 7) is 4.97. The summed E-state index contributed by atoms with van der Waals surface area (Å²) in [5.41, 5.74) is 1.55. The third-order valence-corrected chi connectivity index (χ3v) is 10.8. The summed E-state index contributed by atoms with van der Waals surface area (Å²) in [7, 11) is -7.12. The molecule has 2 bridgehead atoms. The average Bonchev–Trinajstić information content (AvgIpc) is 2.94. The van der Waals surface area contributed by atoms with Crippen LogP contribution in [0.5, 0.6) is 11.5 Å². The molecule has 2 aromatic carbocycles. The van der Waals surface area contributed by atoms with Crippen LogP contribution in [0.4, 0.5) is 11.4 Å². The van der Waals surface area contributed by atoms with Gasteiger partial charge in [-0.3, -0.25) is 18.4 Å². The number of piperidine rings is 2. The number of fused-ring (bicyclic) bond motifs is 4. The molecule has 0 amide bonds. The molecule has 14 heteroatoms. The maximum Gasteiger partial charge on any atom is 0.232 e.